The molecule has 0 radical (unpaired) electrons. The molecule has 0 spiro atoms. The summed E-state index contributed by atoms with van der Waals surface area (Å²) in [5.74, 6) is 0.244. The minimum absolute atomic E-state index is 0.236. The molecule has 0 aliphatic carbocycles. The van der Waals surface area contributed by atoms with E-state index in [1.54, 1.807) is 19.1 Å². The Morgan fingerprint density at radius 3 is 2.71 bits per heavy atom. The highest BCUT2D eigenvalue weighted by atomic mass is 35.5. The number of pyridine rings is 2. The van der Waals surface area contributed by atoms with Gasteiger partial charge in [0.15, 0.2) is 5.82 Å². The van der Waals surface area contributed by atoms with Gasteiger partial charge in [-0.15, -0.1) is 0 Å². The third kappa shape index (κ3) is 5.14. The first kappa shape index (κ1) is 18.6. The molecule has 0 amide bonds. The minimum atomic E-state index is -0.454. The number of aryl methyl sites for hydroxylation is 1. The summed E-state index contributed by atoms with van der Waals surface area (Å²) in [7, 11) is 0. The Morgan fingerprint density at radius 1 is 1.38 bits per heavy atom. The van der Waals surface area contributed by atoms with Crippen molar-refractivity contribution in [3.8, 4) is 17.0 Å². The predicted octanol–water partition coefficient (Wildman–Crippen LogP) is 4.39. The number of aromatic nitrogens is 2. The van der Waals surface area contributed by atoms with Crippen LogP contribution in [0.2, 0.25) is 5.15 Å². The Kier molecular flexibility index (Phi) is 5.78. The molecule has 0 aromatic carbocycles. The summed E-state index contributed by atoms with van der Waals surface area (Å²) >= 11 is 5.86. The lowest BCUT2D eigenvalue weighted by Gasteiger charge is -2.23. The summed E-state index contributed by atoms with van der Waals surface area (Å²) in [6.45, 7) is 8.26. The third-order valence-corrected chi connectivity index (χ3v) is 3.72. The molecule has 0 saturated carbocycles. The molecule has 1 atom stereocenters. The Balaban J connectivity index is 2.15. The van der Waals surface area contributed by atoms with Crippen molar-refractivity contribution in [3.05, 3.63) is 41.1 Å². The van der Waals surface area contributed by atoms with Gasteiger partial charge in [-0.2, -0.15) is 0 Å². The van der Waals surface area contributed by atoms with Gasteiger partial charge in [-0.25, -0.2) is 14.4 Å². The summed E-state index contributed by atoms with van der Waals surface area (Å²) in [5.41, 5.74) is 7.20. The smallest absolute Gasteiger partial charge is 0.153 e. The lowest BCUT2D eigenvalue weighted by molar-refractivity contribution is 0.226. The number of nitrogens with two attached hydrogens (primary N) is 1. The van der Waals surface area contributed by atoms with E-state index in [1.165, 1.54) is 12.3 Å². The molecular formula is C18H23ClFN3O. The van der Waals surface area contributed by atoms with Crippen molar-refractivity contribution in [2.45, 2.75) is 39.7 Å². The zero-order valence-corrected chi connectivity index (χ0v) is 15.2. The van der Waals surface area contributed by atoms with Crippen LogP contribution < -0.4 is 10.5 Å². The fourth-order valence-electron chi connectivity index (χ4n) is 2.65. The molecule has 24 heavy (non-hydrogen) atoms. The summed E-state index contributed by atoms with van der Waals surface area (Å²) < 4.78 is 20.2. The number of hydrogen-bond donors (Lipinski definition) is 1. The molecule has 2 aromatic heterocycles. The average Bonchev–Trinajstić information content (AvgIpc) is 2.46. The molecule has 2 rings (SSSR count). The van der Waals surface area contributed by atoms with E-state index in [1.807, 2.05) is 13.8 Å². The van der Waals surface area contributed by atoms with Crippen LogP contribution in [0, 0.1) is 18.7 Å². The highest BCUT2D eigenvalue weighted by Gasteiger charge is 2.17. The van der Waals surface area contributed by atoms with E-state index in [0.29, 0.717) is 28.8 Å². The van der Waals surface area contributed by atoms with Crippen LogP contribution in [0.3, 0.4) is 0 Å². The number of hydrogen-bond acceptors (Lipinski definition) is 4. The second-order valence-electron chi connectivity index (χ2n) is 6.88. The third-order valence-electron chi connectivity index (χ3n) is 3.52. The van der Waals surface area contributed by atoms with Gasteiger partial charge in [0, 0.05) is 23.4 Å². The van der Waals surface area contributed by atoms with E-state index < -0.39 is 5.82 Å². The van der Waals surface area contributed by atoms with Crippen molar-refractivity contribution in [3.63, 3.8) is 0 Å². The summed E-state index contributed by atoms with van der Waals surface area (Å²) in [6, 6.07) is 4.62. The molecule has 2 N–H and O–H groups in total. The van der Waals surface area contributed by atoms with E-state index in [9.17, 15) is 4.39 Å². The molecular weight excluding hydrogens is 329 g/mol. The molecule has 0 saturated heterocycles. The molecule has 2 heterocycles. The maximum atomic E-state index is 14.4. The topological polar surface area (TPSA) is 61.0 Å². The summed E-state index contributed by atoms with van der Waals surface area (Å²) in [6.07, 6.45) is 2.34. The van der Waals surface area contributed by atoms with E-state index >= 15 is 0 Å². The van der Waals surface area contributed by atoms with Crippen LogP contribution in [0.4, 0.5) is 4.39 Å². The molecule has 6 heteroatoms. The van der Waals surface area contributed by atoms with Gasteiger partial charge in [0.2, 0.25) is 0 Å². The van der Waals surface area contributed by atoms with Crippen LogP contribution in [0.1, 0.15) is 32.9 Å². The zero-order valence-electron chi connectivity index (χ0n) is 14.4. The maximum absolute atomic E-state index is 14.4. The standard InChI is InChI=1S/C18H23ClFN3O/c1-11(9-18(3,4)21)10-24-15-8-14(20)17(23-12(15)2)13-5-6-22-16(19)7-13/h5-8,11H,9-10,21H2,1-4H3/t11-/m0/s1. The van der Waals surface area contributed by atoms with Gasteiger partial charge in [0.25, 0.3) is 0 Å². The fourth-order valence-corrected chi connectivity index (χ4v) is 2.83. The molecule has 0 bridgehead atoms. The normalized spacial score (nSPS) is 13.0. The Morgan fingerprint density at radius 2 is 2.08 bits per heavy atom. The SMILES string of the molecule is Cc1nc(-c2ccnc(Cl)c2)c(F)cc1OC[C@@H](C)CC(C)(C)N. The van der Waals surface area contributed by atoms with E-state index in [0.717, 1.165) is 6.42 Å². The van der Waals surface area contributed by atoms with Gasteiger partial charge >= 0.3 is 0 Å². The Labute approximate surface area is 147 Å². The van der Waals surface area contributed by atoms with Crippen LogP contribution >= 0.6 is 11.6 Å². The van der Waals surface area contributed by atoms with E-state index in [2.05, 4.69) is 16.9 Å². The lowest BCUT2D eigenvalue weighted by Crippen LogP contribution is -2.35. The average molecular weight is 352 g/mol. The maximum Gasteiger partial charge on any atom is 0.153 e. The van der Waals surface area contributed by atoms with Crippen molar-refractivity contribution < 1.29 is 9.13 Å². The molecule has 0 unspecified atom stereocenters. The Bertz CT molecular complexity index is 716. The number of halogens is 2. The highest BCUT2D eigenvalue weighted by molar-refractivity contribution is 6.29. The van der Waals surface area contributed by atoms with Crippen LogP contribution in [-0.4, -0.2) is 22.1 Å². The van der Waals surface area contributed by atoms with Crippen molar-refractivity contribution in [1.82, 2.24) is 9.97 Å². The summed E-state index contributed by atoms with van der Waals surface area (Å²) in [5, 5.41) is 0.296. The second kappa shape index (κ2) is 7.45. The van der Waals surface area contributed by atoms with Gasteiger partial charge in [0.05, 0.1) is 12.3 Å². The van der Waals surface area contributed by atoms with Crippen LogP contribution in [0.25, 0.3) is 11.3 Å². The molecule has 2 aromatic rings. The molecule has 0 fully saturated rings. The first-order valence-electron chi connectivity index (χ1n) is 7.86. The van der Waals surface area contributed by atoms with E-state index in [-0.39, 0.29) is 17.2 Å². The first-order chi connectivity index (χ1) is 11.2. The lowest BCUT2D eigenvalue weighted by atomic mass is 9.93. The van der Waals surface area contributed by atoms with E-state index in [4.69, 9.17) is 22.1 Å². The number of nitrogens with zero attached hydrogens (tertiary/aromatic N) is 2. The van der Waals surface area contributed by atoms with Gasteiger partial charge in [-0.1, -0.05) is 18.5 Å². The molecule has 4 nitrogen and oxygen atoms in total. The van der Waals surface area contributed by atoms with Gasteiger partial charge in [-0.05, 0) is 45.2 Å². The van der Waals surface area contributed by atoms with Crippen LogP contribution in [0.5, 0.6) is 5.75 Å². The van der Waals surface area contributed by atoms with Crippen molar-refractivity contribution in [2.24, 2.45) is 11.7 Å². The number of rotatable bonds is 6. The van der Waals surface area contributed by atoms with Crippen LogP contribution in [-0.2, 0) is 0 Å². The predicted molar refractivity (Wildman–Crippen MR) is 94.7 cm³/mol. The van der Waals surface area contributed by atoms with Crippen molar-refractivity contribution >= 4 is 11.6 Å². The summed E-state index contributed by atoms with van der Waals surface area (Å²) in [4.78, 5) is 8.22. The van der Waals surface area contributed by atoms with Crippen molar-refractivity contribution in [2.75, 3.05) is 6.61 Å². The monoisotopic (exact) mass is 351 g/mol. The van der Waals surface area contributed by atoms with Gasteiger partial charge < -0.3 is 10.5 Å². The molecule has 0 aliphatic heterocycles. The van der Waals surface area contributed by atoms with Crippen molar-refractivity contribution in [1.29, 1.82) is 0 Å². The number of ether oxygens (including phenoxy) is 1. The van der Waals surface area contributed by atoms with Gasteiger partial charge in [-0.3, -0.25) is 0 Å². The second-order valence-corrected chi connectivity index (χ2v) is 7.27. The molecule has 0 aliphatic rings. The largest absolute Gasteiger partial charge is 0.491 e. The van der Waals surface area contributed by atoms with Crippen LogP contribution in [0.15, 0.2) is 24.4 Å². The van der Waals surface area contributed by atoms with Gasteiger partial charge in [0.1, 0.15) is 16.6 Å². The quantitative estimate of drug-likeness (QED) is 0.784. The highest BCUT2D eigenvalue weighted by Crippen LogP contribution is 2.28. The zero-order chi connectivity index (χ0) is 17.9. The fraction of sp³-hybridized carbons (Fsp3) is 0.444. The Hall–Kier alpha value is -1.72. The molecule has 130 valence electrons. The minimum Gasteiger partial charge on any atom is -0.491 e. The first-order valence-corrected chi connectivity index (χ1v) is 8.24.